The quantitative estimate of drug-likeness (QED) is 0.574. The number of hydrogen-bond acceptors (Lipinski definition) is 5. The van der Waals surface area contributed by atoms with Crippen molar-refractivity contribution in [3.8, 4) is 11.4 Å². The highest BCUT2D eigenvalue weighted by atomic mass is 35.5. The third kappa shape index (κ3) is 4.78. The molecule has 1 amide bonds. The molecule has 1 aliphatic heterocycles. The molecule has 7 nitrogen and oxygen atoms in total. The van der Waals surface area contributed by atoms with Crippen LogP contribution in [0.3, 0.4) is 0 Å². The molecule has 0 saturated carbocycles. The minimum Gasteiger partial charge on any atom is -0.497 e. The number of para-hydroxylation sites is 1. The predicted molar refractivity (Wildman–Crippen MR) is 125 cm³/mol. The molecule has 0 radical (unpaired) electrons. The summed E-state index contributed by atoms with van der Waals surface area (Å²) < 4.78 is 6.46. The number of aromatic nitrogens is 2. The number of carbonyl (C=O) groups excluding carboxylic acids is 1. The number of carbonyl (C=O) groups is 1. The molecule has 0 atom stereocenters. The fourth-order valence-electron chi connectivity index (χ4n) is 3.80. The van der Waals surface area contributed by atoms with Crippen LogP contribution in [0.15, 0.2) is 65.6 Å². The molecular weight excluding hydrogens is 428 g/mol. The van der Waals surface area contributed by atoms with Gasteiger partial charge in [0.05, 0.1) is 24.7 Å². The van der Waals surface area contributed by atoms with Crippen molar-refractivity contribution in [2.45, 2.75) is 12.8 Å². The fourth-order valence-corrected chi connectivity index (χ4v) is 4.04. The first kappa shape index (κ1) is 21.9. The highest BCUT2D eigenvalue weighted by molar-refractivity contribution is 6.33. The standard InChI is InChI=1S/C24H25ClN4O3/c1-32-20-10-7-18(8-11-20)9-12-22(30)28-15-13-27(14-16-28)21-17-26-29(24(31)23(21)25)19-5-3-2-4-6-19/h2-8,10-11,17H,9,12-16H2,1H3. The van der Waals surface area contributed by atoms with Gasteiger partial charge in [0.15, 0.2) is 0 Å². The normalized spacial score (nSPS) is 13.8. The molecule has 1 aromatic heterocycles. The number of aryl methyl sites for hydroxylation is 1. The highest BCUT2D eigenvalue weighted by Crippen LogP contribution is 2.23. The van der Waals surface area contributed by atoms with Crippen LogP contribution in [-0.4, -0.2) is 53.9 Å². The highest BCUT2D eigenvalue weighted by Gasteiger charge is 2.24. The number of halogens is 1. The Labute approximate surface area is 191 Å². The molecule has 2 aromatic carbocycles. The van der Waals surface area contributed by atoms with E-state index in [1.165, 1.54) is 4.68 Å². The zero-order chi connectivity index (χ0) is 22.5. The zero-order valence-corrected chi connectivity index (χ0v) is 18.7. The maximum Gasteiger partial charge on any atom is 0.292 e. The lowest BCUT2D eigenvalue weighted by atomic mass is 10.1. The molecule has 4 rings (SSSR count). The van der Waals surface area contributed by atoms with Gasteiger partial charge in [0.2, 0.25) is 5.91 Å². The van der Waals surface area contributed by atoms with Gasteiger partial charge in [-0.25, -0.2) is 0 Å². The van der Waals surface area contributed by atoms with Crippen LogP contribution in [0.5, 0.6) is 5.75 Å². The van der Waals surface area contributed by atoms with Crippen molar-refractivity contribution in [1.82, 2.24) is 14.7 Å². The number of rotatable bonds is 6. The van der Waals surface area contributed by atoms with Crippen molar-refractivity contribution < 1.29 is 9.53 Å². The molecule has 0 unspecified atom stereocenters. The lowest BCUT2D eigenvalue weighted by Gasteiger charge is -2.36. The zero-order valence-electron chi connectivity index (χ0n) is 17.9. The van der Waals surface area contributed by atoms with Crippen LogP contribution < -0.4 is 15.2 Å². The largest absolute Gasteiger partial charge is 0.497 e. The van der Waals surface area contributed by atoms with Crippen LogP contribution in [0.25, 0.3) is 5.69 Å². The molecule has 1 aliphatic rings. The number of anilines is 1. The fraction of sp³-hybridized carbons (Fsp3) is 0.292. The second-order valence-corrected chi connectivity index (χ2v) is 7.99. The Balaban J connectivity index is 1.35. The van der Waals surface area contributed by atoms with Gasteiger partial charge < -0.3 is 14.5 Å². The second kappa shape index (κ2) is 9.87. The minimum absolute atomic E-state index is 0.129. The summed E-state index contributed by atoms with van der Waals surface area (Å²) in [5.74, 6) is 0.935. The molecule has 1 fully saturated rings. The van der Waals surface area contributed by atoms with Crippen LogP contribution in [0.1, 0.15) is 12.0 Å². The second-order valence-electron chi connectivity index (χ2n) is 7.61. The number of nitrogens with zero attached hydrogens (tertiary/aromatic N) is 4. The summed E-state index contributed by atoms with van der Waals surface area (Å²) in [5.41, 5.74) is 2.02. The summed E-state index contributed by atoms with van der Waals surface area (Å²) >= 11 is 6.42. The van der Waals surface area contributed by atoms with Crippen LogP contribution in [0, 0.1) is 0 Å². The lowest BCUT2D eigenvalue weighted by Crippen LogP contribution is -2.49. The number of methoxy groups -OCH3 is 1. The van der Waals surface area contributed by atoms with E-state index >= 15 is 0 Å². The van der Waals surface area contributed by atoms with Crippen molar-refractivity contribution in [2.75, 3.05) is 38.2 Å². The first-order valence-corrected chi connectivity index (χ1v) is 10.9. The average Bonchev–Trinajstić information content (AvgIpc) is 2.85. The van der Waals surface area contributed by atoms with Crippen molar-refractivity contribution in [1.29, 1.82) is 0 Å². The van der Waals surface area contributed by atoms with Gasteiger partial charge in [0.25, 0.3) is 5.56 Å². The van der Waals surface area contributed by atoms with Crippen LogP contribution in [0.2, 0.25) is 5.02 Å². The van der Waals surface area contributed by atoms with Gasteiger partial charge in [-0.2, -0.15) is 9.78 Å². The average molecular weight is 453 g/mol. The third-order valence-electron chi connectivity index (χ3n) is 5.66. The maximum absolute atomic E-state index is 12.7. The summed E-state index contributed by atoms with van der Waals surface area (Å²) in [6.45, 7) is 2.37. The monoisotopic (exact) mass is 452 g/mol. The van der Waals surface area contributed by atoms with Crippen LogP contribution in [-0.2, 0) is 11.2 Å². The van der Waals surface area contributed by atoms with E-state index in [1.807, 2.05) is 52.3 Å². The maximum atomic E-state index is 12.7. The lowest BCUT2D eigenvalue weighted by molar-refractivity contribution is -0.131. The SMILES string of the molecule is COc1ccc(CCC(=O)N2CCN(c3cnn(-c4ccccc4)c(=O)c3Cl)CC2)cc1. The molecule has 0 spiro atoms. The number of benzene rings is 2. The molecule has 2 heterocycles. The van der Waals surface area contributed by atoms with E-state index in [0.717, 1.165) is 11.3 Å². The number of amides is 1. The van der Waals surface area contributed by atoms with E-state index in [2.05, 4.69) is 5.10 Å². The van der Waals surface area contributed by atoms with Crippen molar-refractivity contribution in [2.24, 2.45) is 0 Å². The number of piperazine rings is 1. The van der Waals surface area contributed by atoms with E-state index in [1.54, 1.807) is 25.4 Å². The van der Waals surface area contributed by atoms with Gasteiger partial charge in [-0.1, -0.05) is 41.9 Å². The number of hydrogen-bond donors (Lipinski definition) is 0. The Bertz CT molecular complexity index is 1120. The molecule has 1 saturated heterocycles. The molecule has 0 aliphatic carbocycles. The van der Waals surface area contributed by atoms with Crippen LogP contribution >= 0.6 is 11.6 Å². The summed E-state index contributed by atoms with van der Waals surface area (Å²) in [6.07, 6.45) is 2.77. The summed E-state index contributed by atoms with van der Waals surface area (Å²) in [6, 6.07) is 17.0. The van der Waals surface area contributed by atoms with E-state index in [-0.39, 0.29) is 16.5 Å². The van der Waals surface area contributed by atoms with Gasteiger partial charge in [-0.05, 0) is 36.2 Å². The first-order valence-electron chi connectivity index (χ1n) is 10.6. The summed E-state index contributed by atoms with van der Waals surface area (Å²) in [5, 5.41) is 4.44. The minimum atomic E-state index is -0.353. The molecule has 3 aromatic rings. The van der Waals surface area contributed by atoms with Crippen molar-refractivity contribution >= 4 is 23.2 Å². The molecule has 32 heavy (non-hydrogen) atoms. The number of ether oxygens (including phenoxy) is 1. The van der Waals surface area contributed by atoms with Crippen molar-refractivity contribution in [3.63, 3.8) is 0 Å². The van der Waals surface area contributed by atoms with E-state index < -0.39 is 0 Å². The third-order valence-corrected chi connectivity index (χ3v) is 6.02. The molecular formula is C24H25ClN4O3. The first-order chi connectivity index (χ1) is 15.6. The molecule has 0 bridgehead atoms. The van der Waals surface area contributed by atoms with Crippen LogP contribution in [0.4, 0.5) is 5.69 Å². The Morgan fingerprint density at radius 3 is 2.38 bits per heavy atom. The topological polar surface area (TPSA) is 67.7 Å². The molecule has 8 heteroatoms. The summed E-state index contributed by atoms with van der Waals surface area (Å²) in [4.78, 5) is 29.3. The molecule has 166 valence electrons. The Morgan fingerprint density at radius 2 is 1.72 bits per heavy atom. The predicted octanol–water partition coefficient (Wildman–Crippen LogP) is 3.18. The van der Waals surface area contributed by atoms with Gasteiger partial charge >= 0.3 is 0 Å². The smallest absolute Gasteiger partial charge is 0.292 e. The van der Waals surface area contributed by atoms with Gasteiger partial charge in [0, 0.05) is 32.6 Å². The Morgan fingerprint density at radius 1 is 1.03 bits per heavy atom. The van der Waals surface area contributed by atoms with E-state index in [0.29, 0.717) is 50.4 Å². The van der Waals surface area contributed by atoms with E-state index in [4.69, 9.17) is 16.3 Å². The van der Waals surface area contributed by atoms with Gasteiger partial charge in [0.1, 0.15) is 10.8 Å². The van der Waals surface area contributed by atoms with Gasteiger partial charge in [-0.3, -0.25) is 9.59 Å². The Kier molecular flexibility index (Phi) is 6.75. The summed E-state index contributed by atoms with van der Waals surface area (Å²) in [7, 11) is 1.63. The Hall–Kier alpha value is -3.32. The van der Waals surface area contributed by atoms with E-state index in [9.17, 15) is 9.59 Å². The molecule has 0 N–H and O–H groups in total. The van der Waals surface area contributed by atoms with Gasteiger partial charge in [-0.15, -0.1) is 0 Å². The van der Waals surface area contributed by atoms with Crippen molar-refractivity contribution in [3.05, 3.63) is 81.7 Å².